The third-order valence-corrected chi connectivity index (χ3v) is 1.76. The molecule has 0 radical (unpaired) electrons. The van der Waals surface area contributed by atoms with Gasteiger partial charge >= 0.3 is 0 Å². The van der Waals surface area contributed by atoms with E-state index in [1.807, 2.05) is 6.92 Å². The van der Waals surface area contributed by atoms with Gasteiger partial charge in [-0.3, -0.25) is 4.79 Å². The van der Waals surface area contributed by atoms with E-state index in [9.17, 15) is 4.79 Å². The van der Waals surface area contributed by atoms with Crippen molar-refractivity contribution in [2.45, 2.75) is 33.6 Å². The van der Waals surface area contributed by atoms with Crippen molar-refractivity contribution in [3.63, 3.8) is 0 Å². The lowest BCUT2D eigenvalue weighted by molar-refractivity contribution is 0.997. The first-order valence-electron chi connectivity index (χ1n) is 5.29. The number of aromatic nitrogens is 3. The molecule has 4 nitrogen and oxygen atoms in total. The Kier molecular flexibility index (Phi) is 4.09. The van der Waals surface area contributed by atoms with Gasteiger partial charge in [0.15, 0.2) is 5.65 Å². The first kappa shape index (κ1) is 11.5. The standard InChI is InChI=1S/C8H9N3O.C3H8.2H2/c1-2-6-9-5-3-4-7(12)11-8(5)10-6;1-3-2;;/h3-4H,2H2,1H3,(H2,9,10,11,12);3H2,1-2H3;2*1H. The van der Waals surface area contributed by atoms with E-state index in [0.717, 1.165) is 17.8 Å². The van der Waals surface area contributed by atoms with Gasteiger partial charge in [-0.2, -0.15) is 0 Å². The molecule has 2 heterocycles. The first-order valence-corrected chi connectivity index (χ1v) is 5.29. The van der Waals surface area contributed by atoms with E-state index in [1.54, 1.807) is 6.07 Å². The highest BCUT2D eigenvalue weighted by Gasteiger charge is 1.99. The summed E-state index contributed by atoms with van der Waals surface area (Å²) >= 11 is 0. The van der Waals surface area contributed by atoms with Crippen molar-refractivity contribution < 1.29 is 2.85 Å². The van der Waals surface area contributed by atoms with Crippen LogP contribution in [0.15, 0.2) is 16.9 Å². The second-order valence-electron chi connectivity index (χ2n) is 3.33. The summed E-state index contributed by atoms with van der Waals surface area (Å²) in [5.41, 5.74) is 1.41. The van der Waals surface area contributed by atoms with Crippen LogP contribution in [0.2, 0.25) is 0 Å². The van der Waals surface area contributed by atoms with Crippen LogP contribution in [0.5, 0.6) is 0 Å². The quantitative estimate of drug-likeness (QED) is 0.761. The number of pyridine rings is 1. The summed E-state index contributed by atoms with van der Waals surface area (Å²) in [7, 11) is 0. The summed E-state index contributed by atoms with van der Waals surface area (Å²) < 4.78 is 0. The molecule has 2 aromatic rings. The molecule has 0 saturated carbocycles. The summed E-state index contributed by atoms with van der Waals surface area (Å²) in [5.74, 6) is 0.895. The largest absolute Gasteiger partial charge is 0.341 e. The lowest BCUT2D eigenvalue weighted by atomic mass is 10.4. The minimum atomic E-state index is -0.114. The lowest BCUT2D eigenvalue weighted by Gasteiger charge is -1.82. The third-order valence-electron chi connectivity index (χ3n) is 1.76. The van der Waals surface area contributed by atoms with Crippen LogP contribution in [-0.4, -0.2) is 15.0 Å². The Morgan fingerprint density at radius 2 is 1.93 bits per heavy atom. The zero-order chi connectivity index (χ0) is 11.3. The van der Waals surface area contributed by atoms with E-state index >= 15 is 0 Å². The molecule has 2 aromatic heterocycles. The normalized spacial score (nSPS) is 9.80. The zero-order valence-electron chi connectivity index (χ0n) is 9.42. The van der Waals surface area contributed by atoms with E-state index in [2.05, 4.69) is 28.8 Å². The molecule has 0 unspecified atom stereocenters. The van der Waals surface area contributed by atoms with Crippen molar-refractivity contribution >= 4 is 11.2 Å². The number of nitrogens with one attached hydrogen (secondary N) is 2. The summed E-state index contributed by atoms with van der Waals surface area (Å²) in [5, 5.41) is 0. The Balaban J connectivity index is 0. The Morgan fingerprint density at radius 3 is 2.53 bits per heavy atom. The Hall–Kier alpha value is -1.58. The molecule has 0 aliphatic carbocycles. The number of rotatable bonds is 1. The minimum absolute atomic E-state index is 0. The molecule has 15 heavy (non-hydrogen) atoms. The van der Waals surface area contributed by atoms with Crippen molar-refractivity contribution in [3.8, 4) is 0 Å². The van der Waals surface area contributed by atoms with Gasteiger partial charge < -0.3 is 9.97 Å². The van der Waals surface area contributed by atoms with E-state index in [4.69, 9.17) is 0 Å². The monoisotopic (exact) mass is 211 g/mol. The van der Waals surface area contributed by atoms with Gasteiger partial charge in [-0.25, -0.2) is 4.98 Å². The maximum Gasteiger partial charge on any atom is 0.249 e. The average Bonchev–Trinajstić information content (AvgIpc) is 2.61. The molecule has 0 aromatic carbocycles. The summed E-state index contributed by atoms with van der Waals surface area (Å²) in [4.78, 5) is 20.8. The second kappa shape index (κ2) is 5.34. The van der Waals surface area contributed by atoms with Crippen LogP contribution in [0.3, 0.4) is 0 Å². The zero-order valence-corrected chi connectivity index (χ0v) is 9.42. The van der Waals surface area contributed by atoms with E-state index < -0.39 is 0 Å². The Labute approximate surface area is 91.7 Å². The highest BCUT2D eigenvalue weighted by atomic mass is 16.1. The van der Waals surface area contributed by atoms with Crippen LogP contribution in [0, 0.1) is 0 Å². The van der Waals surface area contributed by atoms with Crippen molar-refractivity contribution in [2.75, 3.05) is 0 Å². The van der Waals surface area contributed by atoms with Gasteiger partial charge in [-0.15, -0.1) is 0 Å². The molecule has 2 N–H and O–H groups in total. The van der Waals surface area contributed by atoms with Crippen LogP contribution in [-0.2, 0) is 6.42 Å². The molecule has 86 valence electrons. The number of aromatic amines is 2. The van der Waals surface area contributed by atoms with Crippen LogP contribution in [0.4, 0.5) is 0 Å². The Bertz CT molecular complexity index is 479. The smallest absolute Gasteiger partial charge is 0.249 e. The Morgan fingerprint density at radius 1 is 1.27 bits per heavy atom. The number of fused-ring (bicyclic) bond motifs is 1. The number of nitrogens with zero attached hydrogens (tertiary/aromatic N) is 1. The number of imidazole rings is 1. The second-order valence-corrected chi connectivity index (χ2v) is 3.33. The van der Waals surface area contributed by atoms with Crippen molar-refractivity contribution in [1.29, 1.82) is 0 Å². The molecule has 0 spiro atoms. The number of H-pyrrole nitrogens is 2. The molecular weight excluding hydrogens is 190 g/mol. The molecule has 0 bridgehead atoms. The van der Waals surface area contributed by atoms with Gasteiger partial charge in [-0.1, -0.05) is 27.2 Å². The third kappa shape index (κ3) is 2.94. The number of hydrogen-bond acceptors (Lipinski definition) is 2. The molecular formula is C11H21N3O. The fourth-order valence-electron chi connectivity index (χ4n) is 1.14. The molecule has 0 aliphatic rings. The number of aryl methyl sites for hydroxylation is 1. The van der Waals surface area contributed by atoms with Crippen molar-refractivity contribution in [3.05, 3.63) is 28.3 Å². The fraction of sp³-hybridized carbons (Fsp3) is 0.455. The molecule has 4 heteroatoms. The van der Waals surface area contributed by atoms with Gasteiger partial charge in [0.1, 0.15) is 5.82 Å². The maximum absolute atomic E-state index is 10.9. The fourth-order valence-corrected chi connectivity index (χ4v) is 1.14. The average molecular weight is 211 g/mol. The summed E-state index contributed by atoms with van der Waals surface area (Å²) in [6.07, 6.45) is 2.09. The predicted molar refractivity (Wildman–Crippen MR) is 66.3 cm³/mol. The first-order chi connectivity index (χ1) is 7.21. The molecule has 0 aliphatic heterocycles. The topological polar surface area (TPSA) is 61.5 Å². The molecule has 0 saturated heterocycles. The van der Waals surface area contributed by atoms with Gasteiger partial charge in [0, 0.05) is 15.3 Å². The highest BCUT2D eigenvalue weighted by Crippen LogP contribution is 2.05. The summed E-state index contributed by atoms with van der Waals surface area (Å²) in [6, 6.07) is 3.22. The summed E-state index contributed by atoms with van der Waals surface area (Å²) in [6.45, 7) is 6.26. The van der Waals surface area contributed by atoms with Gasteiger partial charge in [0.2, 0.25) is 5.56 Å². The molecule has 2 rings (SSSR count). The molecule has 0 atom stereocenters. The maximum atomic E-state index is 10.9. The van der Waals surface area contributed by atoms with Gasteiger partial charge in [0.25, 0.3) is 0 Å². The van der Waals surface area contributed by atoms with Crippen LogP contribution in [0.1, 0.15) is 35.9 Å². The SMILES string of the molecule is CCC.CCc1nc2[nH]c(=O)ccc2[nH]1.[HH].[HH]. The van der Waals surface area contributed by atoms with Gasteiger partial charge in [0.05, 0.1) is 5.52 Å². The molecule has 0 fully saturated rings. The van der Waals surface area contributed by atoms with Gasteiger partial charge in [-0.05, 0) is 6.07 Å². The van der Waals surface area contributed by atoms with E-state index in [0.29, 0.717) is 5.65 Å². The van der Waals surface area contributed by atoms with Crippen LogP contribution >= 0.6 is 0 Å². The van der Waals surface area contributed by atoms with Crippen molar-refractivity contribution in [1.82, 2.24) is 15.0 Å². The van der Waals surface area contributed by atoms with Crippen LogP contribution in [0.25, 0.3) is 11.2 Å². The van der Waals surface area contributed by atoms with E-state index in [-0.39, 0.29) is 8.41 Å². The predicted octanol–water partition coefficient (Wildman–Crippen LogP) is 2.72. The molecule has 0 amide bonds. The van der Waals surface area contributed by atoms with Crippen molar-refractivity contribution in [2.24, 2.45) is 0 Å². The van der Waals surface area contributed by atoms with E-state index in [1.165, 1.54) is 12.5 Å². The minimum Gasteiger partial charge on any atom is -0.341 e. The number of hydrogen-bond donors (Lipinski definition) is 2. The lowest BCUT2D eigenvalue weighted by Crippen LogP contribution is -2.01. The van der Waals surface area contributed by atoms with Crippen LogP contribution < -0.4 is 5.56 Å². The highest BCUT2D eigenvalue weighted by molar-refractivity contribution is 5.69.